The van der Waals surface area contributed by atoms with Crippen molar-refractivity contribution < 1.29 is 23.5 Å². The van der Waals surface area contributed by atoms with Crippen LogP contribution in [0.1, 0.15) is 47.5 Å². The third kappa shape index (κ3) is 7.66. The highest BCUT2D eigenvalue weighted by Gasteiger charge is 2.34. The van der Waals surface area contributed by atoms with Crippen LogP contribution < -0.4 is 15.8 Å². The van der Waals surface area contributed by atoms with E-state index in [4.69, 9.17) is 20.3 Å². The number of rotatable bonds is 8. The Morgan fingerprint density at radius 1 is 1.13 bits per heavy atom. The van der Waals surface area contributed by atoms with Crippen LogP contribution in [0.5, 0.6) is 11.5 Å². The molecule has 2 aromatic heterocycles. The number of nitriles is 1. The lowest BCUT2D eigenvalue weighted by molar-refractivity contribution is -0.127. The lowest BCUT2D eigenvalue weighted by Gasteiger charge is -2.28. The van der Waals surface area contributed by atoms with Crippen molar-refractivity contribution in [2.45, 2.75) is 71.2 Å². The second kappa shape index (κ2) is 13.1. The molecule has 1 saturated heterocycles. The molecule has 47 heavy (non-hydrogen) atoms. The predicted octanol–water partition coefficient (Wildman–Crippen LogP) is 5.75. The third-order valence-electron chi connectivity index (χ3n) is 7.43. The molecule has 4 aromatic rings. The first-order chi connectivity index (χ1) is 22.2. The average molecular weight is 641 g/mol. The van der Waals surface area contributed by atoms with Gasteiger partial charge in [-0.15, -0.1) is 0 Å². The van der Waals surface area contributed by atoms with E-state index in [9.17, 15) is 14.9 Å². The van der Waals surface area contributed by atoms with Crippen LogP contribution in [0.25, 0.3) is 22.3 Å². The number of fused-ring (bicyclic) bond motifs is 1. The van der Waals surface area contributed by atoms with E-state index in [1.807, 2.05) is 24.3 Å². The van der Waals surface area contributed by atoms with E-state index in [1.54, 1.807) is 68.5 Å². The molecule has 0 saturated carbocycles. The van der Waals surface area contributed by atoms with Gasteiger partial charge in [0, 0.05) is 18.2 Å². The van der Waals surface area contributed by atoms with Crippen molar-refractivity contribution in [1.29, 1.82) is 5.26 Å². The number of hydrogen-bond acceptors (Lipinski definition) is 9. The van der Waals surface area contributed by atoms with E-state index in [1.165, 1.54) is 18.5 Å². The number of ether oxygens (including phenoxy) is 2. The van der Waals surface area contributed by atoms with Crippen molar-refractivity contribution in [3.63, 3.8) is 0 Å². The molecule has 2 aromatic carbocycles. The zero-order valence-electron chi connectivity index (χ0n) is 27.0. The molecule has 0 aliphatic carbocycles. The molecule has 0 radical (unpaired) electrons. The number of nitrogens with two attached hydrogens (primary N) is 1. The maximum Gasteiger partial charge on any atom is 0.408 e. The zero-order valence-corrected chi connectivity index (χ0v) is 27.0. The van der Waals surface area contributed by atoms with Crippen LogP contribution in [-0.4, -0.2) is 60.4 Å². The van der Waals surface area contributed by atoms with Crippen LogP contribution in [-0.2, 0) is 16.1 Å². The Balaban J connectivity index is 1.40. The minimum atomic E-state index is -1.05. The van der Waals surface area contributed by atoms with Gasteiger partial charge in [0.25, 0.3) is 5.91 Å². The first-order valence-corrected chi connectivity index (χ1v) is 15.2. The maximum atomic E-state index is 15.6. The summed E-state index contributed by atoms with van der Waals surface area (Å²) >= 11 is 0. The lowest BCUT2D eigenvalue weighted by Crippen LogP contribution is -2.45. The second-order valence-corrected chi connectivity index (χ2v) is 12.9. The van der Waals surface area contributed by atoms with Gasteiger partial charge in [-0.3, -0.25) is 4.79 Å². The molecule has 3 N–H and O–H groups in total. The minimum absolute atomic E-state index is 0.115. The Hall–Kier alpha value is -5.51. The number of carbonyl (C=O) groups excluding carboxylic acids is 2. The molecule has 5 rings (SSSR count). The normalized spacial score (nSPS) is 15.4. The summed E-state index contributed by atoms with van der Waals surface area (Å²) in [4.78, 5) is 36.2. The first kappa shape index (κ1) is 32.9. The summed E-state index contributed by atoms with van der Waals surface area (Å²) in [6.45, 7) is 9.21. The Bertz CT molecular complexity index is 1870. The van der Waals surface area contributed by atoms with Crippen LogP contribution in [0.3, 0.4) is 0 Å². The van der Waals surface area contributed by atoms with Gasteiger partial charge in [0.15, 0.2) is 5.65 Å². The number of likely N-dealkylation sites (tertiary alicyclic amines) is 1. The van der Waals surface area contributed by atoms with Gasteiger partial charge in [0.2, 0.25) is 0 Å². The Labute approximate surface area is 272 Å². The first-order valence-electron chi connectivity index (χ1n) is 15.2. The van der Waals surface area contributed by atoms with Gasteiger partial charge in [-0.2, -0.15) is 10.4 Å². The summed E-state index contributed by atoms with van der Waals surface area (Å²) in [5.74, 6) is -0.0254. The highest BCUT2D eigenvalue weighted by Crippen LogP contribution is 2.35. The van der Waals surface area contributed by atoms with Gasteiger partial charge in [-0.25, -0.2) is 23.8 Å². The highest BCUT2D eigenvalue weighted by molar-refractivity contribution is 5.99. The fourth-order valence-electron chi connectivity index (χ4n) is 5.47. The van der Waals surface area contributed by atoms with Gasteiger partial charge < -0.3 is 25.4 Å². The van der Waals surface area contributed by atoms with E-state index in [2.05, 4.69) is 15.3 Å². The molecule has 244 valence electrons. The topological polar surface area (TPSA) is 161 Å². The monoisotopic (exact) mass is 640 g/mol. The largest absolute Gasteiger partial charge is 0.457 e. The Morgan fingerprint density at radius 2 is 1.87 bits per heavy atom. The van der Waals surface area contributed by atoms with Gasteiger partial charge in [0.05, 0.1) is 23.5 Å². The molecule has 2 amide bonds. The fraction of sp³-hybridized carbons (Fsp3) is 0.353. The number of hydrogen-bond donors (Lipinski definition) is 2. The SMILES string of the molecule is CC(C)(/C=C(\C#N)C(=O)N1CCC[C@@H]1Cn1nc(-c2ccc(Oc3ccccc3)cc2F)c2c(N)ncnc21)NC(=O)OC(C)(C)C. The predicted molar refractivity (Wildman–Crippen MR) is 174 cm³/mol. The molecule has 1 fully saturated rings. The number of benzene rings is 2. The molecule has 1 atom stereocenters. The standard InChI is InChI=1S/C34H37FN8O4/c1-33(2,3)47-32(45)40-34(4,5)17-21(18-36)31(44)42-15-9-10-22(42)19-43-30-27(29(37)38-20-39-30)28(41-43)25-14-13-24(16-26(25)35)46-23-11-7-6-8-12-23/h6-8,11-14,16-17,20,22H,9-10,15,19H2,1-5H3,(H,40,45)(H2,37,38,39)/b21-17+/t22-/m1/s1. The molecule has 3 heterocycles. The van der Waals surface area contributed by atoms with Crippen molar-refractivity contribution in [2.24, 2.45) is 0 Å². The molecule has 13 heteroatoms. The average Bonchev–Trinajstić information content (AvgIpc) is 3.60. The van der Waals surface area contributed by atoms with Crippen LogP contribution >= 0.6 is 0 Å². The van der Waals surface area contributed by atoms with E-state index >= 15 is 4.39 Å². The number of nitrogens with one attached hydrogen (secondary N) is 1. The van der Waals surface area contributed by atoms with Crippen molar-refractivity contribution in [3.8, 4) is 28.8 Å². The van der Waals surface area contributed by atoms with Gasteiger partial charge in [0.1, 0.15) is 52.4 Å². The van der Waals surface area contributed by atoms with Gasteiger partial charge >= 0.3 is 6.09 Å². The number of nitrogen functional groups attached to an aromatic ring is 1. The van der Waals surface area contributed by atoms with Crippen molar-refractivity contribution in [3.05, 3.63) is 72.3 Å². The number of amides is 2. The number of carbonyl (C=O) groups is 2. The van der Waals surface area contributed by atoms with Crippen LogP contribution in [0.2, 0.25) is 0 Å². The number of anilines is 1. The van der Waals surface area contributed by atoms with Crippen LogP contribution in [0.4, 0.5) is 15.0 Å². The molecular formula is C34H37FN8O4. The Kier molecular flexibility index (Phi) is 9.15. The minimum Gasteiger partial charge on any atom is -0.457 e. The summed E-state index contributed by atoms with van der Waals surface area (Å²) in [5, 5.41) is 17.7. The zero-order chi connectivity index (χ0) is 33.9. The van der Waals surface area contributed by atoms with Crippen molar-refractivity contribution in [2.75, 3.05) is 12.3 Å². The van der Waals surface area contributed by atoms with Crippen molar-refractivity contribution in [1.82, 2.24) is 30.0 Å². The number of alkyl carbamates (subject to hydrolysis) is 1. The summed E-state index contributed by atoms with van der Waals surface area (Å²) < 4.78 is 28.3. The molecule has 12 nitrogen and oxygen atoms in total. The second-order valence-electron chi connectivity index (χ2n) is 12.9. The Morgan fingerprint density at radius 3 is 2.55 bits per heavy atom. The molecule has 1 aliphatic heterocycles. The van der Waals surface area contributed by atoms with E-state index < -0.39 is 29.0 Å². The van der Waals surface area contributed by atoms with E-state index in [0.29, 0.717) is 41.9 Å². The highest BCUT2D eigenvalue weighted by atomic mass is 19.1. The molecular weight excluding hydrogens is 603 g/mol. The summed E-state index contributed by atoms with van der Waals surface area (Å²) in [5.41, 5.74) is 5.21. The summed E-state index contributed by atoms with van der Waals surface area (Å²) in [6.07, 6.45) is 3.41. The van der Waals surface area contributed by atoms with E-state index in [-0.39, 0.29) is 35.2 Å². The van der Waals surface area contributed by atoms with E-state index in [0.717, 1.165) is 0 Å². The molecule has 0 bridgehead atoms. The van der Waals surface area contributed by atoms with Crippen LogP contribution in [0, 0.1) is 17.1 Å². The lowest BCUT2D eigenvalue weighted by atomic mass is 10.0. The maximum absolute atomic E-state index is 15.6. The molecule has 0 unspecified atom stereocenters. The summed E-state index contributed by atoms with van der Waals surface area (Å²) in [7, 11) is 0. The third-order valence-corrected chi connectivity index (χ3v) is 7.43. The quantitative estimate of drug-likeness (QED) is 0.180. The fourth-order valence-corrected chi connectivity index (χ4v) is 5.47. The number of halogens is 1. The summed E-state index contributed by atoms with van der Waals surface area (Å²) in [6, 6.07) is 15.2. The smallest absolute Gasteiger partial charge is 0.408 e. The van der Waals surface area contributed by atoms with Gasteiger partial charge in [-0.05, 0) is 77.8 Å². The molecule has 0 spiro atoms. The number of aromatic nitrogens is 4. The number of para-hydroxylation sites is 1. The molecule has 1 aliphatic rings. The van der Waals surface area contributed by atoms with Crippen molar-refractivity contribution >= 4 is 28.9 Å². The number of nitrogens with zero attached hydrogens (tertiary/aromatic N) is 6. The van der Waals surface area contributed by atoms with Crippen LogP contribution in [0.15, 0.2) is 66.5 Å². The van der Waals surface area contributed by atoms with Gasteiger partial charge in [-0.1, -0.05) is 18.2 Å².